The SMILES string of the molecule is OCCc1ccc(NCc2ccc(F)cc2Br)cc1. The Bertz CT molecular complexity index is 542. The van der Waals surface area contributed by atoms with Gasteiger partial charge in [0.1, 0.15) is 5.82 Å². The third-order valence-corrected chi connectivity index (χ3v) is 3.59. The van der Waals surface area contributed by atoms with Crippen molar-refractivity contribution in [2.24, 2.45) is 0 Å². The summed E-state index contributed by atoms with van der Waals surface area (Å²) in [6.45, 7) is 0.787. The Morgan fingerprint density at radius 2 is 1.84 bits per heavy atom. The van der Waals surface area contributed by atoms with Crippen LogP contribution in [0.1, 0.15) is 11.1 Å². The lowest BCUT2D eigenvalue weighted by molar-refractivity contribution is 0.299. The Hall–Kier alpha value is -1.39. The van der Waals surface area contributed by atoms with Crippen LogP contribution in [0.2, 0.25) is 0 Å². The molecule has 0 radical (unpaired) electrons. The number of anilines is 1. The Morgan fingerprint density at radius 1 is 1.11 bits per heavy atom. The highest BCUT2D eigenvalue weighted by atomic mass is 79.9. The van der Waals surface area contributed by atoms with Crippen molar-refractivity contribution in [3.8, 4) is 0 Å². The highest BCUT2D eigenvalue weighted by Crippen LogP contribution is 2.19. The molecule has 2 N–H and O–H groups in total. The van der Waals surface area contributed by atoms with E-state index in [4.69, 9.17) is 5.11 Å². The second-order valence-corrected chi connectivity index (χ2v) is 5.11. The summed E-state index contributed by atoms with van der Waals surface area (Å²) in [6.07, 6.45) is 0.670. The molecule has 0 aliphatic carbocycles. The Balaban J connectivity index is 1.98. The van der Waals surface area contributed by atoms with Crippen molar-refractivity contribution in [3.05, 3.63) is 63.9 Å². The van der Waals surface area contributed by atoms with E-state index in [0.717, 1.165) is 21.3 Å². The van der Waals surface area contributed by atoms with Crippen LogP contribution < -0.4 is 5.32 Å². The minimum atomic E-state index is -0.246. The van der Waals surface area contributed by atoms with Gasteiger partial charge >= 0.3 is 0 Å². The molecule has 19 heavy (non-hydrogen) atoms. The molecule has 0 amide bonds. The quantitative estimate of drug-likeness (QED) is 0.878. The third-order valence-electron chi connectivity index (χ3n) is 2.85. The van der Waals surface area contributed by atoms with Crippen LogP contribution in [0.3, 0.4) is 0 Å². The summed E-state index contributed by atoms with van der Waals surface area (Å²) in [5.74, 6) is -0.246. The van der Waals surface area contributed by atoms with E-state index in [0.29, 0.717) is 13.0 Å². The van der Waals surface area contributed by atoms with E-state index >= 15 is 0 Å². The zero-order valence-corrected chi connectivity index (χ0v) is 12.0. The van der Waals surface area contributed by atoms with Crippen LogP contribution in [0.25, 0.3) is 0 Å². The second-order valence-electron chi connectivity index (χ2n) is 4.26. The smallest absolute Gasteiger partial charge is 0.124 e. The maximum atomic E-state index is 13.0. The third kappa shape index (κ3) is 4.04. The molecule has 0 atom stereocenters. The summed E-state index contributed by atoms with van der Waals surface area (Å²) in [6, 6.07) is 12.6. The molecule has 0 saturated heterocycles. The van der Waals surface area contributed by atoms with Crippen molar-refractivity contribution in [1.82, 2.24) is 0 Å². The van der Waals surface area contributed by atoms with Crippen LogP contribution in [0.5, 0.6) is 0 Å². The summed E-state index contributed by atoms with van der Waals surface area (Å²) in [5.41, 5.74) is 3.11. The molecular formula is C15H15BrFNO. The lowest BCUT2D eigenvalue weighted by Crippen LogP contribution is -2.00. The molecule has 2 rings (SSSR count). The summed E-state index contributed by atoms with van der Waals surface area (Å²) in [4.78, 5) is 0. The molecule has 4 heteroatoms. The number of hydrogen-bond donors (Lipinski definition) is 2. The highest BCUT2D eigenvalue weighted by molar-refractivity contribution is 9.10. The predicted molar refractivity (Wildman–Crippen MR) is 78.7 cm³/mol. The molecule has 0 saturated carbocycles. The van der Waals surface area contributed by atoms with Crippen molar-refractivity contribution in [2.75, 3.05) is 11.9 Å². The average molecular weight is 324 g/mol. The fourth-order valence-electron chi connectivity index (χ4n) is 1.78. The van der Waals surface area contributed by atoms with E-state index in [9.17, 15) is 4.39 Å². The van der Waals surface area contributed by atoms with Crippen LogP contribution in [0, 0.1) is 5.82 Å². The molecule has 2 aromatic carbocycles. The van der Waals surface area contributed by atoms with Crippen molar-refractivity contribution < 1.29 is 9.50 Å². The topological polar surface area (TPSA) is 32.3 Å². The normalized spacial score (nSPS) is 10.5. The summed E-state index contributed by atoms with van der Waals surface area (Å²) >= 11 is 3.35. The first-order chi connectivity index (χ1) is 9.19. The van der Waals surface area contributed by atoms with Crippen LogP contribution >= 0.6 is 15.9 Å². The van der Waals surface area contributed by atoms with Crippen molar-refractivity contribution >= 4 is 21.6 Å². The first-order valence-electron chi connectivity index (χ1n) is 6.06. The molecule has 2 nitrogen and oxygen atoms in total. The average Bonchev–Trinajstić information content (AvgIpc) is 2.40. The zero-order chi connectivity index (χ0) is 13.7. The van der Waals surface area contributed by atoms with E-state index < -0.39 is 0 Å². The van der Waals surface area contributed by atoms with Crippen molar-refractivity contribution in [2.45, 2.75) is 13.0 Å². The first kappa shape index (κ1) is 14.0. The lowest BCUT2D eigenvalue weighted by atomic mass is 10.1. The standard InChI is InChI=1S/C15H15BrFNO/c16-15-9-13(17)4-3-12(15)10-18-14-5-1-11(2-6-14)7-8-19/h1-6,9,18-19H,7-8,10H2. The molecular weight excluding hydrogens is 309 g/mol. The summed E-state index contributed by atoms with van der Waals surface area (Å²) in [5, 5.41) is 12.1. The van der Waals surface area contributed by atoms with E-state index in [-0.39, 0.29) is 12.4 Å². The van der Waals surface area contributed by atoms with E-state index in [1.54, 1.807) is 6.07 Å². The van der Waals surface area contributed by atoms with Crippen LogP contribution in [0.15, 0.2) is 46.9 Å². The lowest BCUT2D eigenvalue weighted by Gasteiger charge is -2.09. The number of hydrogen-bond acceptors (Lipinski definition) is 2. The van der Waals surface area contributed by atoms with Gasteiger partial charge in [-0.2, -0.15) is 0 Å². The number of rotatable bonds is 5. The van der Waals surface area contributed by atoms with Crippen molar-refractivity contribution in [3.63, 3.8) is 0 Å². The monoisotopic (exact) mass is 323 g/mol. The molecule has 0 aliphatic rings. The highest BCUT2D eigenvalue weighted by Gasteiger charge is 2.01. The maximum absolute atomic E-state index is 13.0. The molecule has 100 valence electrons. The molecule has 0 spiro atoms. The number of aliphatic hydroxyl groups is 1. The van der Waals surface area contributed by atoms with Gasteiger partial charge in [0.2, 0.25) is 0 Å². The van der Waals surface area contributed by atoms with Gasteiger partial charge in [-0.3, -0.25) is 0 Å². The van der Waals surface area contributed by atoms with Gasteiger partial charge in [-0.05, 0) is 41.8 Å². The minimum absolute atomic E-state index is 0.162. The zero-order valence-electron chi connectivity index (χ0n) is 10.4. The molecule has 0 fully saturated rings. The number of benzene rings is 2. The number of aliphatic hydroxyl groups excluding tert-OH is 1. The number of nitrogens with one attached hydrogen (secondary N) is 1. The summed E-state index contributed by atoms with van der Waals surface area (Å²) < 4.78 is 13.7. The Kier molecular flexibility index (Phi) is 4.93. The minimum Gasteiger partial charge on any atom is -0.396 e. The van der Waals surface area contributed by atoms with Gasteiger partial charge in [0.15, 0.2) is 0 Å². The van der Waals surface area contributed by atoms with E-state index in [1.165, 1.54) is 12.1 Å². The van der Waals surface area contributed by atoms with Crippen molar-refractivity contribution in [1.29, 1.82) is 0 Å². The van der Waals surface area contributed by atoms with Crippen LogP contribution in [0.4, 0.5) is 10.1 Å². The molecule has 0 heterocycles. The van der Waals surface area contributed by atoms with E-state index in [2.05, 4.69) is 21.2 Å². The maximum Gasteiger partial charge on any atom is 0.124 e. The largest absolute Gasteiger partial charge is 0.396 e. The fourth-order valence-corrected chi connectivity index (χ4v) is 2.27. The van der Waals surface area contributed by atoms with E-state index in [1.807, 2.05) is 24.3 Å². The molecule has 0 bridgehead atoms. The van der Waals surface area contributed by atoms with Gasteiger partial charge in [-0.15, -0.1) is 0 Å². The fraction of sp³-hybridized carbons (Fsp3) is 0.200. The predicted octanol–water partition coefficient (Wildman–Crippen LogP) is 3.74. The number of halogens is 2. The van der Waals surface area contributed by atoms with Crippen LogP contribution in [-0.2, 0) is 13.0 Å². The van der Waals surface area contributed by atoms with Gasteiger partial charge < -0.3 is 10.4 Å². The Morgan fingerprint density at radius 3 is 2.47 bits per heavy atom. The van der Waals surface area contributed by atoms with Gasteiger partial charge in [0, 0.05) is 23.3 Å². The molecule has 0 unspecified atom stereocenters. The summed E-state index contributed by atoms with van der Waals surface area (Å²) in [7, 11) is 0. The Labute approximate surface area is 120 Å². The molecule has 0 aromatic heterocycles. The van der Waals surface area contributed by atoms with Gasteiger partial charge in [-0.25, -0.2) is 4.39 Å². The molecule has 0 aliphatic heterocycles. The van der Waals surface area contributed by atoms with Gasteiger partial charge in [0.05, 0.1) is 0 Å². The molecule has 2 aromatic rings. The first-order valence-corrected chi connectivity index (χ1v) is 6.86. The van der Waals surface area contributed by atoms with Gasteiger partial charge in [-0.1, -0.05) is 34.1 Å². The van der Waals surface area contributed by atoms with Gasteiger partial charge in [0.25, 0.3) is 0 Å². The van der Waals surface area contributed by atoms with Crippen LogP contribution in [-0.4, -0.2) is 11.7 Å². The second kappa shape index (κ2) is 6.68.